The van der Waals surface area contributed by atoms with E-state index in [9.17, 15) is 22.4 Å². The van der Waals surface area contributed by atoms with Gasteiger partial charge in [-0.25, -0.2) is 12.8 Å². The highest BCUT2D eigenvalue weighted by Gasteiger charge is 2.33. The molecule has 3 aromatic rings. The third-order valence-corrected chi connectivity index (χ3v) is 8.20. The fourth-order valence-electron chi connectivity index (χ4n) is 4.15. The van der Waals surface area contributed by atoms with Crippen LogP contribution in [0.1, 0.15) is 43.4 Å². The van der Waals surface area contributed by atoms with Crippen molar-refractivity contribution in [2.45, 2.75) is 58.0 Å². The minimum atomic E-state index is -4.19. The summed E-state index contributed by atoms with van der Waals surface area (Å²) in [6.07, 6.45) is 1.08. The first-order valence-corrected chi connectivity index (χ1v) is 14.5. The van der Waals surface area contributed by atoms with Crippen LogP contribution in [-0.2, 0) is 26.2 Å². The summed E-state index contributed by atoms with van der Waals surface area (Å²) in [4.78, 5) is 28.5. The van der Waals surface area contributed by atoms with Gasteiger partial charge in [0, 0.05) is 13.1 Å². The normalized spacial score (nSPS) is 12.0. The van der Waals surface area contributed by atoms with Crippen molar-refractivity contribution in [3.63, 3.8) is 0 Å². The minimum absolute atomic E-state index is 0.00281. The number of hydrogen-bond donors (Lipinski definition) is 1. The Morgan fingerprint density at radius 2 is 1.44 bits per heavy atom. The molecular formula is C30H36FN3O4S. The number of nitrogens with one attached hydrogen (secondary N) is 1. The number of halogens is 1. The van der Waals surface area contributed by atoms with Crippen molar-refractivity contribution in [1.29, 1.82) is 0 Å². The molecule has 1 N–H and O–H groups in total. The Balaban J connectivity index is 2.03. The Kier molecular flexibility index (Phi) is 10.2. The SMILES string of the molecule is CCCNC(=O)C(CC)N(Cc1ccc(C)cc1)C(=O)CN(c1ccc(F)cc1)S(=O)(=O)c1ccc(C)cc1. The van der Waals surface area contributed by atoms with Crippen molar-refractivity contribution in [3.05, 3.63) is 95.3 Å². The zero-order chi connectivity index (χ0) is 28.6. The highest BCUT2D eigenvalue weighted by atomic mass is 32.2. The highest BCUT2D eigenvalue weighted by molar-refractivity contribution is 7.92. The second kappa shape index (κ2) is 13.4. The molecule has 0 saturated carbocycles. The number of rotatable bonds is 12. The number of sulfonamides is 1. The molecule has 0 aliphatic heterocycles. The molecular weight excluding hydrogens is 517 g/mol. The highest BCUT2D eigenvalue weighted by Crippen LogP contribution is 2.25. The molecule has 3 rings (SSSR count). The number of nitrogens with zero attached hydrogens (tertiary/aromatic N) is 2. The zero-order valence-corrected chi connectivity index (χ0v) is 23.7. The summed E-state index contributed by atoms with van der Waals surface area (Å²) in [5.74, 6) is -1.37. The van der Waals surface area contributed by atoms with Gasteiger partial charge in [0.15, 0.2) is 0 Å². The molecule has 0 spiro atoms. The summed E-state index contributed by atoms with van der Waals surface area (Å²) in [5, 5.41) is 2.86. The van der Waals surface area contributed by atoms with Gasteiger partial charge in [0.2, 0.25) is 11.8 Å². The van der Waals surface area contributed by atoms with Crippen LogP contribution in [-0.4, -0.2) is 44.3 Å². The Morgan fingerprint density at radius 3 is 1.97 bits per heavy atom. The third kappa shape index (κ3) is 7.66. The molecule has 208 valence electrons. The van der Waals surface area contributed by atoms with E-state index >= 15 is 0 Å². The van der Waals surface area contributed by atoms with E-state index in [2.05, 4.69) is 5.32 Å². The fourth-order valence-corrected chi connectivity index (χ4v) is 5.56. The van der Waals surface area contributed by atoms with E-state index in [-0.39, 0.29) is 23.0 Å². The topological polar surface area (TPSA) is 86.8 Å². The molecule has 7 nitrogen and oxygen atoms in total. The van der Waals surface area contributed by atoms with E-state index < -0.39 is 34.3 Å². The van der Waals surface area contributed by atoms with Crippen LogP contribution in [0.4, 0.5) is 10.1 Å². The average Bonchev–Trinajstić information content (AvgIpc) is 2.92. The largest absolute Gasteiger partial charge is 0.354 e. The summed E-state index contributed by atoms with van der Waals surface area (Å²) >= 11 is 0. The molecule has 39 heavy (non-hydrogen) atoms. The van der Waals surface area contributed by atoms with Crippen molar-refractivity contribution >= 4 is 27.5 Å². The summed E-state index contributed by atoms with van der Waals surface area (Å²) in [7, 11) is -4.19. The van der Waals surface area contributed by atoms with Crippen molar-refractivity contribution < 1.29 is 22.4 Å². The predicted octanol–water partition coefficient (Wildman–Crippen LogP) is 4.97. The first kappa shape index (κ1) is 29.8. The molecule has 0 bridgehead atoms. The zero-order valence-electron chi connectivity index (χ0n) is 22.9. The van der Waals surface area contributed by atoms with Crippen LogP contribution in [0, 0.1) is 19.7 Å². The maximum absolute atomic E-state index is 13.9. The summed E-state index contributed by atoms with van der Waals surface area (Å²) in [6.45, 7) is 7.57. The summed E-state index contributed by atoms with van der Waals surface area (Å²) in [6, 6.07) is 18.0. The van der Waals surface area contributed by atoms with Crippen LogP contribution in [0.15, 0.2) is 77.7 Å². The molecule has 0 saturated heterocycles. The Bertz CT molecular complexity index is 1360. The number of hydrogen-bond acceptors (Lipinski definition) is 4. The van der Waals surface area contributed by atoms with Gasteiger partial charge in [-0.1, -0.05) is 61.4 Å². The lowest BCUT2D eigenvalue weighted by Crippen LogP contribution is -2.52. The fraction of sp³-hybridized carbons (Fsp3) is 0.333. The number of carbonyl (C=O) groups excluding carboxylic acids is 2. The van der Waals surface area contributed by atoms with Crippen molar-refractivity contribution in [2.75, 3.05) is 17.4 Å². The maximum Gasteiger partial charge on any atom is 0.264 e. The summed E-state index contributed by atoms with van der Waals surface area (Å²) < 4.78 is 42.3. The van der Waals surface area contributed by atoms with Gasteiger partial charge >= 0.3 is 0 Å². The molecule has 3 aromatic carbocycles. The minimum Gasteiger partial charge on any atom is -0.354 e. The maximum atomic E-state index is 13.9. The molecule has 0 radical (unpaired) electrons. The van der Waals surface area contributed by atoms with Crippen LogP contribution in [0.2, 0.25) is 0 Å². The Hall–Kier alpha value is -3.72. The lowest BCUT2D eigenvalue weighted by molar-refractivity contribution is -0.140. The standard InChI is InChI=1S/C30H36FN3O4S/c1-5-19-32-30(36)28(6-2)33(20-24-11-7-22(3)8-12-24)29(35)21-34(26-15-13-25(31)14-16-26)39(37,38)27-17-9-23(4)10-18-27/h7-18,28H,5-6,19-21H2,1-4H3,(H,32,36). The van der Waals surface area contributed by atoms with Crippen molar-refractivity contribution in [1.82, 2.24) is 10.2 Å². The quantitative estimate of drug-likeness (QED) is 0.343. The number of carbonyl (C=O) groups is 2. The Labute approximate surface area is 230 Å². The van der Waals surface area contributed by atoms with Crippen LogP contribution < -0.4 is 9.62 Å². The van der Waals surface area contributed by atoms with Gasteiger partial charge < -0.3 is 10.2 Å². The first-order chi connectivity index (χ1) is 18.6. The molecule has 0 aromatic heterocycles. The predicted molar refractivity (Wildman–Crippen MR) is 151 cm³/mol. The number of anilines is 1. The number of aryl methyl sites for hydroxylation is 2. The second-order valence-corrected chi connectivity index (χ2v) is 11.4. The van der Waals surface area contributed by atoms with E-state index in [1.165, 1.54) is 29.2 Å². The number of benzene rings is 3. The molecule has 1 atom stereocenters. The van der Waals surface area contributed by atoms with Gasteiger partial charge in [0.05, 0.1) is 10.6 Å². The average molecular weight is 554 g/mol. The van der Waals surface area contributed by atoms with Gasteiger partial charge in [-0.15, -0.1) is 0 Å². The molecule has 0 aliphatic carbocycles. The van der Waals surface area contributed by atoms with Gasteiger partial charge in [0.1, 0.15) is 18.4 Å². The van der Waals surface area contributed by atoms with E-state index in [0.717, 1.165) is 39.5 Å². The second-order valence-electron chi connectivity index (χ2n) is 9.52. The van der Waals surface area contributed by atoms with E-state index in [4.69, 9.17) is 0 Å². The third-order valence-electron chi connectivity index (χ3n) is 6.41. The molecule has 9 heteroatoms. The van der Waals surface area contributed by atoms with Gasteiger partial charge in [-0.3, -0.25) is 13.9 Å². The molecule has 0 heterocycles. The lowest BCUT2D eigenvalue weighted by Gasteiger charge is -2.33. The van der Waals surface area contributed by atoms with E-state index in [1.54, 1.807) is 12.1 Å². The van der Waals surface area contributed by atoms with Crippen LogP contribution in [0.5, 0.6) is 0 Å². The molecule has 0 aliphatic rings. The van der Waals surface area contributed by atoms with Crippen molar-refractivity contribution in [2.24, 2.45) is 0 Å². The lowest BCUT2D eigenvalue weighted by atomic mass is 10.1. The monoisotopic (exact) mass is 553 g/mol. The molecule has 2 amide bonds. The number of amides is 2. The van der Waals surface area contributed by atoms with Gasteiger partial charge in [-0.05, 0) is 68.7 Å². The molecule has 0 fully saturated rings. The van der Waals surface area contributed by atoms with E-state index in [1.807, 2.05) is 52.0 Å². The summed E-state index contributed by atoms with van der Waals surface area (Å²) in [5.41, 5.74) is 2.89. The van der Waals surface area contributed by atoms with Crippen LogP contribution in [0.25, 0.3) is 0 Å². The van der Waals surface area contributed by atoms with Gasteiger partial charge in [-0.2, -0.15) is 0 Å². The smallest absolute Gasteiger partial charge is 0.264 e. The molecule has 1 unspecified atom stereocenters. The van der Waals surface area contributed by atoms with Crippen molar-refractivity contribution in [3.8, 4) is 0 Å². The van der Waals surface area contributed by atoms with Crippen LogP contribution >= 0.6 is 0 Å². The first-order valence-electron chi connectivity index (χ1n) is 13.0. The van der Waals surface area contributed by atoms with Gasteiger partial charge in [0.25, 0.3) is 10.0 Å². The van der Waals surface area contributed by atoms with Crippen LogP contribution in [0.3, 0.4) is 0 Å². The Morgan fingerprint density at radius 1 is 0.872 bits per heavy atom. The van der Waals surface area contributed by atoms with E-state index in [0.29, 0.717) is 13.0 Å².